The molecule has 106 valence electrons. The monoisotopic (exact) mass is 285 g/mol. The van der Waals surface area contributed by atoms with Crippen molar-refractivity contribution in [1.82, 2.24) is 0 Å². The van der Waals surface area contributed by atoms with E-state index in [9.17, 15) is 8.78 Å². The summed E-state index contributed by atoms with van der Waals surface area (Å²) < 4.78 is 32.1. The molecule has 0 saturated heterocycles. The molecule has 0 bridgehead atoms. The predicted molar refractivity (Wildman–Crippen MR) is 77.0 cm³/mol. The summed E-state index contributed by atoms with van der Waals surface area (Å²) in [5, 5.41) is 3.11. The van der Waals surface area contributed by atoms with E-state index in [1.807, 2.05) is 36.4 Å². The number of rotatable bonds is 4. The molecule has 2 aromatic carbocycles. The molecule has 0 fully saturated rings. The van der Waals surface area contributed by atoms with Crippen LogP contribution in [0.3, 0.4) is 0 Å². The lowest BCUT2D eigenvalue weighted by Gasteiger charge is -2.18. The summed E-state index contributed by atoms with van der Waals surface area (Å²) in [7, 11) is 0. The fourth-order valence-electron chi connectivity index (χ4n) is 2.22. The summed E-state index contributed by atoms with van der Waals surface area (Å²) in [5.74, 6) is -0.571. The quantitative estimate of drug-likeness (QED) is 0.747. The van der Waals surface area contributed by atoms with Crippen molar-refractivity contribution in [3.63, 3.8) is 0 Å². The molecule has 1 aromatic heterocycles. The van der Waals surface area contributed by atoms with E-state index in [1.165, 1.54) is 12.1 Å². The third kappa shape index (κ3) is 3.11. The van der Waals surface area contributed by atoms with E-state index in [1.54, 1.807) is 12.3 Å². The Kier molecular flexibility index (Phi) is 3.69. The number of hydrogen-bond acceptors (Lipinski definition) is 2. The summed E-state index contributed by atoms with van der Waals surface area (Å²) in [6, 6.07) is 16.2. The van der Waals surface area contributed by atoms with E-state index < -0.39 is 11.6 Å². The molecule has 2 nitrogen and oxygen atoms in total. The SMILES string of the molecule is Fc1cc(F)cc(NC(c2ccccc2)c2ccco2)c1. The van der Waals surface area contributed by atoms with Crippen LogP contribution in [0, 0.1) is 11.6 Å². The topological polar surface area (TPSA) is 25.2 Å². The number of nitrogens with one attached hydrogen (secondary N) is 1. The van der Waals surface area contributed by atoms with E-state index in [0.29, 0.717) is 11.4 Å². The minimum atomic E-state index is -0.622. The summed E-state index contributed by atoms with van der Waals surface area (Å²) in [6.07, 6.45) is 1.57. The Morgan fingerprint density at radius 1 is 0.857 bits per heavy atom. The Labute approximate surface area is 121 Å². The van der Waals surface area contributed by atoms with Gasteiger partial charge in [-0.3, -0.25) is 0 Å². The van der Waals surface area contributed by atoms with Gasteiger partial charge in [-0.15, -0.1) is 0 Å². The largest absolute Gasteiger partial charge is 0.467 e. The van der Waals surface area contributed by atoms with Crippen molar-refractivity contribution in [2.45, 2.75) is 6.04 Å². The number of anilines is 1. The van der Waals surface area contributed by atoms with Crippen LogP contribution in [0.5, 0.6) is 0 Å². The van der Waals surface area contributed by atoms with Gasteiger partial charge in [0.25, 0.3) is 0 Å². The molecule has 0 aliphatic carbocycles. The van der Waals surface area contributed by atoms with Gasteiger partial charge in [-0.1, -0.05) is 30.3 Å². The molecule has 3 rings (SSSR count). The normalized spacial score (nSPS) is 12.1. The Hall–Kier alpha value is -2.62. The third-order valence-corrected chi connectivity index (χ3v) is 3.13. The van der Waals surface area contributed by atoms with Crippen LogP contribution in [-0.2, 0) is 0 Å². The maximum atomic E-state index is 13.3. The summed E-state index contributed by atoms with van der Waals surface area (Å²) in [6.45, 7) is 0. The number of hydrogen-bond donors (Lipinski definition) is 1. The smallest absolute Gasteiger partial charge is 0.130 e. The summed E-state index contributed by atoms with van der Waals surface area (Å²) in [4.78, 5) is 0. The lowest BCUT2D eigenvalue weighted by Crippen LogP contribution is -2.11. The van der Waals surface area contributed by atoms with Crippen LogP contribution in [0.15, 0.2) is 71.3 Å². The molecule has 1 unspecified atom stereocenters. The minimum absolute atomic E-state index is 0.317. The van der Waals surface area contributed by atoms with Crippen molar-refractivity contribution in [3.8, 4) is 0 Å². The van der Waals surface area contributed by atoms with Crippen molar-refractivity contribution in [2.24, 2.45) is 0 Å². The Balaban J connectivity index is 1.97. The average Bonchev–Trinajstić information content (AvgIpc) is 2.98. The molecule has 0 aliphatic heterocycles. The second kappa shape index (κ2) is 5.79. The van der Waals surface area contributed by atoms with Gasteiger partial charge in [0.15, 0.2) is 0 Å². The fraction of sp³-hybridized carbons (Fsp3) is 0.0588. The van der Waals surface area contributed by atoms with Crippen LogP contribution in [0.4, 0.5) is 14.5 Å². The summed E-state index contributed by atoms with van der Waals surface area (Å²) in [5.41, 5.74) is 1.30. The molecule has 0 aliphatic rings. The van der Waals surface area contributed by atoms with E-state index in [4.69, 9.17) is 4.42 Å². The van der Waals surface area contributed by atoms with Crippen LogP contribution in [-0.4, -0.2) is 0 Å². The van der Waals surface area contributed by atoms with Crippen LogP contribution in [0.25, 0.3) is 0 Å². The van der Waals surface area contributed by atoms with Crippen molar-refractivity contribution >= 4 is 5.69 Å². The van der Waals surface area contributed by atoms with Crippen molar-refractivity contribution in [1.29, 1.82) is 0 Å². The van der Waals surface area contributed by atoms with E-state index in [2.05, 4.69) is 5.32 Å². The molecule has 1 heterocycles. The molecule has 4 heteroatoms. The zero-order valence-electron chi connectivity index (χ0n) is 11.1. The molecule has 0 amide bonds. The first kappa shape index (κ1) is 13.4. The zero-order chi connectivity index (χ0) is 14.7. The second-order valence-corrected chi connectivity index (χ2v) is 4.66. The van der Waals surface area contributed by atoms with Gasteiger partial charge in [-0.05, 0) is 29.8 Å². The second-order valence-electron chi connectivity index (χ2n) is 4.66. The Morgan fingerprint density at radius 2 is 1.57 bits per heavy atom. The first-order valence-electron chi connectivity index (χ1n) is 6.53. The molecular weight excluding hydrogens is 272 g/mol. The first-order valence-corrected chi connectivity index (χ1v) is 6.53. The van der Waals surface area contributed by atoms with Gasteiger partial charge in [0.1, 0.15) is 23.4 Å². The average molecular weight is 285 g/mol. The molecule has 21 heavy (non-hydrogen) atoms. The minimum Gasteiger partial charge on any atom is -0.467 e. The highest BCUT2D eigenvalue weighted by atomic mass is 19.1. The Morgan fingerprint density at radius 3 is 2.19 bits per heavy atom. The number of halogens is 2. The van der Waals surface area contributed by atoms with Gasteiger partial charge in [0.2, 0.25) is 0 Å². The number of furan rings is 1. The van der Waals surface area contributed by atoms with E-state index in [-0.39, 0.29) is 6.04 Å². The van der Waals surface area contributed by atoms with Crippen LogP contribution < -0.4 is 5.32 Å². The Bertz CT molecular complexity index is 691. The molecule has 0 spiro atoms. The lowest BCUT2D eigenvalue weighted by atomic mass is 10.0. The standard InChI is InChI=1S/C17H13F2NO/c18-13-9-14(19)11-15(10-13)20-17(16-7-4-8-21-16)12-5-2-1-3-6-12/h1-11,17,20H. The van der Waals surface area contributed by atoms with Crippen molar-refractivity contribution < 1.29 is 13.2 Å². The summed E-state index contributed by atoms with van der Waals surface area (Å²) >= 11 is 0. The highest BCUT2D eigenvalue weighted by Gasteiger charge is 2.17. The van der Waals surface area contributed by atoms with Crippen molar-refractivity contribution in [2.75, 3.05) is 5.32 Å². The molecule has 0 saturated carbocycles. The lowest BCUT2D eigenvalue weighted by molar-refractivity contribution is 0.498. The van der Waals surface area contributed by atoms with Crippen LogP contribution in [0.2, 0.25) is 0 Å². The van der Waals surface area contributed by atoms with Crippen molar-refractivity contribution in [3.05, 3.63) is 89.9 Å². The van der Waals surface area contributed by atoms with Crippen LogP contribution in [0.1, 0.15) is 17.4 Å². The molecule has 0 radical (unpaired) electrons. The van der Waals surface area contributed by atoms with E-state index in [0.717, 1.165) is 11.6 Å². The highest BCUT2D eigenvalue weighted by Crippen LogP contribution is 2.27. The van der Waals surface area contributed by atoms with Gasteiger partial charge in [-0.2, -0.15) is 0 Å². The van der Waals surface area contributed by atoms with Gasteiger partial charge in [-0.25, -0.2) is 8.78 Å². The maximum absolute atomic E-state index is 13.3. The fourth-order valence-corrected chi connectivity index (χ4v) is 2.22. The molecule has 1 atom stereocenters. The van der Waals surface area contributed by atoms with Gasteiger partial charge >= 0.3 is 0 Å². The zero-order valence-corrected chi connectivity index (χ0v) is 11.1. The predicted octanol–water partition coefficient (Wildman–Crippen LogP) is 4.76. The van der Waals surface area contributed by atoms with Crippen LogP contribution >= 0.6 is 0 Å². The van der Waals surface area contributed by atoms with E-state index >= 15 is 0 Å². The van der Waals surface area contributed by atoms with Gasteiger partial charge in [0, 0.05) is 11.8 Å². The maximum Gasteiger partial charge on any atom is 0.130 e. The van der Waals surface area contributed by atoms with Gasteiger partial charge in [0.05, 0.1) is 6.26 Å². The molecular formula is C17H13F2NO. The third-order valence-electron chi connectivity index (χ3n) is 3.13. The molecule has 1 N–H and O–H groups in total. The first-order chi connectivity index (χ1) is 10.2. The number of benzene rings is 2. The molecule has 3 aromatic rings. The highest BCUT2D eigenvalue weighted by molar-refractivity contribution is 5.48. The van der Waals surface area contributed by atoms with Gasteiger partial charge < -0.3 is 9.73 Å².